The number of nitrogens with zero attached hydrogens (tertiary/aromatic N) is 1. The molecule has 4 rings (SSSR count). The lowest BCUT2D eigenvalue weighted by Crippen LogP contribution is -2.35. The molecule has 2 N–H and O–H groups in total. The minimum atomic E-state index is -0.0721. The molecule has 0 aromatic carbocycles. The molecule has 7 heteroatoms. The van der Waals surface area contributed by atoms with Gasteiger partial charge in [-0.15, -0.1) is 0 Å². The normalized spacial score (nSPS) is 50.4. The predicted octanol–water partition coefficient (Wildman–Crippen LogP) is 8.00. The molecule has 4 fully saturated rings. The molecule has 4 aliphatic heterocycles. The molecule has 4 heterocycles. The zero-order chi connectivity index (χ0) is 25.1. The quantitative estimate of drug-likeness (QED) is 0.272. The maximum Gasteiger partial charge on any atom is 0.195 e. The lowest BCUT2D eigenvalue weighted by molar-refractivity contribution is 0.313. The summed E-state index contributed by atoms with van der Waals surface area (Å²) < 4.78 is 2.99. The highest BCUT2D eigenvalue weighted by Crippen LogP contribution is 2.74. The van der Waals surface area contributed by atoms with Crippen molar-refractivity contribution in [3.05, 3.63) is 0 Å². The lowest BCUT2D eigenvalue weighted by Gasteiger charge is -2.42. The van der Waals surface area contributed by atoms with Gasteiger partial charge in [-0.3, -0.25) is 0 Å². The molecular weight excluding hydrogens is 487 g/mol. The van der Waals surface area contributed by atoms with Gasteiger partial charge in [0.05, 0.1) is 0 Å². The van der Waals surface area contributed by atoms with Gasteiger partial charge in [0.15, 0.2) is 7.98 Å². The van der Waals surface area contributed by atoms with Gasteiger partial charge in [0, 0.05) is 5.78 Å². The molecule has 2 nitrogen and oxygen atoms in total. The molecule has 0 saturated carbocycles. The van der Waals surface area contributed by atoms with Crippen molar-refractivity contribution in [1.29, 1.82) is 0 Å². The summed E-state index contributed by atoms with van der Waals surface area (Å²) in [7, 11) is 2.65. The van der Waals surface area contributed by atoms with Gasteiger partial charge < -0.3 is 10.1 Å². The molecule has 0 aromatic heterocycles. The number of hydrogen-bond donors (Lipinski definition) is 1. The lowest BCUT2D eigenvalue weighted by atomic mass is 9.83. The maximum absolute atomic E-state index is 7.33. The van der Waals surface area contributed by atoms with E-state index in [0.29, 0.717) is 5.78 Å². The first-order chi connectivity index (χ1) is 16.0. The summed E-state index contributed by atoms with van der Waals surface area (Å²) in [6.07, 6.45) is 8.72. The molecule has 196 valence electrons. The SMILES string of the molecule is BN(P1[C@H](C)CC[C@H]1C)P1[C@H](C)CC(C2C[C@@H](C)P(C(C)C(C)P3[C@H](C)CC[C@H]3C)[C@@H]2N)[C@H]1C. The third-order valence-electron chi connectivity index (χ3n) is 10.8. The minimum Gasteiger partial charge on any atom is -0.324 e. The van der Waals surface area contributed by atoms with Crippen molar-refractivity contribution >= 4 is 40.0 Å². The van der Waals surface area contributed by atoms with E-state index in [9.17, 15) is 0 Å². The van der Waals surface area contributed by atoms with Crippen LogP contribution in [0, 0.1) is 11.8 Å². The third-order valence-corrected chi connectivity index (χ3v) is 25.9. The summed E-state index contributed by atoms with van der Waals surface area (Å²) in [4.78, 5) is 0. The van der Waals surface area contributed by atoms with Crippen molar-refractivity contribution in [2.45, 2.75) is 158 Å². The van der Waals surface area contributed by atoms with E-state index in [-0.39, 0.29) is 32.0 Å². The van der Waals surface area contributed by atoms with Gasteiger partial charge in [0.1, 0.15) is 0 Å². The largest absolute Gasteiger partial charge is 0.324 e. The average molecular weight is 542 g/mol. The van der Waals surface area contributed by atoms with Crippen LogP contribution >= 0.6 is 32.0 Å². The molecule has 6 unspecified atom stereocenters. The Hall–Kier alpha value is 1.70. The van der Waals surface area contributed by atoms with E-state index in [4.69, 9.17) is 5.73 Å². The van der Waals surface area contributed by atoms with Crippen LogP contribution in [0.15, 0.2) is 0 Å². The summed E-state index contributed by atoms with van der Waals surface area (Å²) in [5, 5.41) is 0. The summed E-state index contributed by atoms with van der Waals surface area (Å²) in [5.74, 6) is 2.14. The minimum absolute atomic E-state index is 0.0261. The Morgan fingerprint density at radius 3 is 1.68 bits per heavy atom. The molecule has 0 aliphatic carbocycles. The van der Waals surface area contributed by atoms with E-state index in [1.54, 1.807) is 0 Å². The molecule has 0 spiro atoms. The van der Waals surface area contributed by atoms with Crippen LogP contribution in [0.2, 0.25) is 0 Å². The van der Waals surface area contributed by atoms with Gasteiger partial charge >= 0.3 is 0 Å². The first-order valence-electron chi connectivity index (χ1n) is 14.6. The zero-order valence-electron chi connectivity index (χ0n) is 24.0. The Bertz CT molecular complexity index is 680. The van der Waals surface area contributed by atoms with E-state index in [1.165, 1.54) is 38.5 Å². The van der Waals surface area contributed by atoms with Gasteiger partial charge in [-0.1, -0.05) is 78.2 Å². The molecule has 14 atom stereocenters. The Morgan fingerprint density at radius 1 is 0.647 bits per heavy atom. The Morgan fingerprint density at radius 2 is 1.12 bits per heavy atom. The molecule has 0 radical (unpaired) electrons. The van der Waals surface area contributed by atoms with Crippen molar-refractivity contribution < 1.29 is 0 Å². The summed E-state index contributed by atoms with van der Waals surface area (Å²) >= 11 is 0. The van der Waals surface area contributed by atoms with Crippen LogP contribution in [0.25, 0.3) is 0 Å². The first-order valence-corrected chi connectivity index (χ1v) is 20.5. The topological polar surface area (TPSA) is 29.3 Å². The van der Waals surface area contributed by atoms with Crippen molar-refractivity contribution in [2.75, 3.05) is 0 Å². The Kier molecular flexibility index (Phi) is 9.66. The number of hydrogen-bond acceptors (Lipinski definition) is 2. The van der Waals surface area contributed by atoms with E-state index in [2.05, 4.69) is 74.6 Å². The van der Waals surface area contributed by atoms with Crippen molar-refractivity contribution in [2.24, 2.45) is 17.6 Å². The van der Waals surface area contributed by atoms with Crippen LogP contribution in [-0.2, 0) is 0 Å². The standard InChI is InChI=1S/C27H55BN2P4/c1-16-10-11-17(2)31(16)22(7)23(8)32-20(5)14-26(27(32)29)25-15-21(6)34(24(25)9)30(28)33-18(3)12-13-19(33)4/h16-27H,10-15,28-29H2,1-9H3/t16-,17-,18-,19-,20-,21-,22?,23?,24-,25?,26?,27+,32?,34?/m1/s1. The van der Waals surface area contributed by atoms with Crippen molar-refractivity contribution in [1.82, 2.24) is 4.35 Å². The van der Waals surface area contributed by atoms with Crippen LogP contribution in [0.3, 0.4) is 0 Å². The summed E-state index contributed by atoms with van der Waals surface area (Å²) in [6.45, 7) is 23.3. The molecule has 0 amide bonds. The van der Waals surface area contributed by atoms with Gasteiger partial charge in [-0.05, 0) is 117 Å². The second-order valence-corrected chi connectivity index (χ2v) is 26.1. The smallest absolute Gasteiger partial charge is 0.195 e. The van der Waals surface area contributed by atoms with E-state index >= 15 is 0 Å². The summed E-state index contributed by atoms with van der Waals surface area (Å²) in [5.41, 5.74) is 15.5. The van der Waals surface area contributed by atoms with Crippen LogP contribution in [0.5, 0.6) is 0 Å². The average Bonchev–Trinajstić information content (AvgIpc) is 3.46. The Labute approximate surface area is 219 Å². The van der Waals surface area contributed by atoms with Gasteiger partial charge in [-0.2, -0.15) is 0 Å². The molecule has 4 saturated heterocycles. The van der Waals surface area contributed by atoms with Crippen molar-refractivity contribution in [3.63, 3.8) is 0 Å². The molecule has 34 heavy (non-hydrogen) atoms. The van der Waals surface area contributed by atoms with E-state index in [0.717, 1.165) is 62.8 Å². The fraction of sp³-hybridized carbons (Fsp3) is 1.00. The van der Waals surface area contributed by atoms with Crippen LogP contribution < -0.4 is 5.73 Å². The van der Waals surface area contributed by atoms with Crippen LogP contribution in [-0.4, -0.2) is 69.0 Å². The second kappa shape index (κ2) is 11.4. The number of nitrogens with two attached hydrogens (primary N) is 1. The highest BCUT2D eigenvalue weighted by atomic mass is 31.2. The molecule has 0 bridgehead atoms. The molecular formula is C27H55BN2P4. The highest BCUT2D eigenvalue weighted by Gasteiger charge is 2.53. The first kappa shape index (κ1) is 28.7. The maximum atomic E-state index is 7.33. The predicted molar refractivity (Wildman–Crippen MR) is 166 cm³/mol. The summed E-state index contributed by atoms with van der Waals surface area (Å²) in [6, 6.07) is 0. The monoisotopic (exact) mass is 542 g/mol. The van der Waals surface area contributed by atoms with E-state index in [1.807, 2.05) is 0 Å². The van der Waals surface area contributed by atoms with Gasteiger partial charge in [0.2, 0.25) is 0 Å². The zero-order valence-corrected chi connectivity index (χ0v) is 27.6. The van der Waals surface area contributed by atoms with Gasteiger partial charge in [-0.25, -0.2) is 0 Å². The third kappa shape index (κ3) is 5.15. The van der Waals surface area contributed by atoms with Gasteiger partial charge in [0.25, 0.3) is 0 Å². The molecule has 0 aromatic rings. The highest BCUT2D eigenvalue weighted by molar-refractivity contribution is 7.73. The van der Waals surface area contributed by atoms with E-state index < -0.39 is 0 Å². The molecule has 4 aliphatic rings. The van der Waals surface area contributed by atoms with Crippen LogP contribution in [0.4, 0.5) is 0 Å². The fourth-order valence-corrected chi connectivity index (χ4v) is 26.5. The van der Waals surface area contributed by atoms with Crippen molar-refractivity contribution in [3.8, 4) is 0 Å². The fourth-order valence-electron chi connectivity index (χ4n) is 9.04. The Balaban J connectivity index is 1.46. The number of rotatable bonds is 6. The second-order valence-electron chi connectivity index (χ2n) is 12.9. The van der Waals surface area contributed by atoms with Crippen LogP contribution in [0.1, 0.15) is 101 Å².